The Bertz CT molecular complexity index is 3050. The van der Waals surface area contributed by atoms with E-state index in [9.17, 15) is 47.9 Å². The van der Waals surface area contributed by atoms with Crippen LogP contribution < -0.4 is 32.7 Å². The summed E-state index contributed by atoms with van der Waals surface area (Å²) in [7, 11) is 4.81. The number of thiazole rings is 1. The molecule has 538 valence electrons. The number of benzene rings is 2. The lowest BCUT2D eigenvalue weighted by Gasteiger charge is -2.41. The first-order valence-electron chi connectivity index (χ1n) is 34.6. The quantitative estimate of drug-likeness (QED) is 0.0288. The lowest BCUT2D eigenvalue weighted by atomic mass is 9.78. The van der Waals surface area contributed by atoms with Gasteiger partial charge in [-0.2, -0.15) is 0 Å². The van der Waals surface area contributed by atoms with Crippen molar-refractivity contribution in [2.24, 2.45) is 58.3 Å². The summed E-state index contributed by atoms with van der Waals surface area (Å²) in [5.41, 5.74) is 10.9. The Morgan fingerprint density at radius 2 is 1.48 bits per heavy atom. The fraction of sp³-hybridized carbons (Fsp3) is 0.658. The molecule has 3 aromatic rings. The van der Waals surface area contributed by atoms with Crippen molar-refractivity contribution in [2.45, 2.75) is 208 Å². The number of methoxy groups -OCH3 is 2. The van der Waals surface area contributed by atoms with Crippen LogP contribution in [0, 0.1) is 46.8 Å². The van der Waals surface area contributed by atoms with Gasteiger partial charge in [0.15, 0.2) is 11.6 Å². The zero-order valence-corrected chi connectivity index (χ0v) is 60.4. The van der Waals surface area contributed by atoms with Gasteiger partial charge in [0.2, 0.25) is 23.6 Å². The molecule has 0 saturated carbocycles. The highest BCUT2D eigenvalue weighted by atomic mass is 32.1. The normalized spacial score (nSPS) is 17.6. The van der Waals surface area contributed by atoms with Gasteiger partial charge in [0.25, 0.3) is 0 Å². The molecule has 3 heterocycles. The van der Waals surface area contributed by atoms with Crippen molar-refractivity contribution >= 4 is 75.9 Å². The smallest absolute Gasteiger partial charge is 0.408 e. The predicted octanol–water partition coefficient (Wildman–Crippen LogP) is 9.13. The van der Waals surface area contributed by atoms with Crippen LogP contribution in [0.25, 0.3) is 0 Å². The summed E-state index contributed by atoms with van der Waals surface area (Å²) in [4.78, 5) is 146. The summed E-state index contributed by atoms with van der Waals surface area (Å²) in [6.07, 6.45) is 4.26. The van der Waals surface area contributed by atoms with E-state index >= 15 is 0 Å². The number of aromatic nitrogens is 1. The number of alkyl carbamates (subject to hydrolysis) is 1. The lowest BCUT2D eigenvalue weighted by molar-refractivity contribution is -0.157. The van der Waals surface area contributed by atoms with E-state index in [1.54, 1.807) is 77.2 Å². The predicted molar refractivity (Wildman–Crippen MR) is 373 cm³/mol. The van der Waals surface area contributed by atoms with Gasteiger partial charge in [-0.3, -0.25) is 38.4 Å². The number of primary amides is 1. The fourth-order valence-electron chi connectivity index (χ4n) is 13.2. The molecular weight excluding hydrogens is 1260 g/mol. The molecule has 23 nitrogen and oxygen atoms in total. The van der Waals surface area contributed by atoms with Gasteiger partial charge in [0.1, 0.15) is 18.2 Å². The van der Waals surface area contributed by atoms with Gasteiger partial charge in [-0.15, -0.1) is 11.3 Å². The third-order valence-electron chi connectivity index (χ3n) is 19.6. The van der Waals surface area contributed by atoms with Gasteiger partial charge in [-0.25, -0.2) is 14.6 Å². The van der Waals surface area contributed by atoms with Crippen LogP contribution in [0.5, 0.6) is 0 Å². The highest BCUT2D eigenvalue weighted by molar-refractivity contribution is 7.09. The molecule has 8 N–H and O–H groups in total. The monoisotopic (exact) mass is 1370 g/mol. The summed E-state index contributed by atoms with van der Waals surface area (Å²) >= 11 is 1.53. The Morgan fingerprint density at radius 1 is 0.814 bits per heavy atom. The molecule has 5 rings (SSSR count). The number of carbonyl (C=O) groups is 10. The average Bonchev–Trinajstić information content (AvgIpc) is 1.56. The number of ether oxygens (including phenoxy) is 4. The number of hydrogen-bond acceptors (Lipinski definition) is 17. The number of anilines is 1. The van der Waals surface area contributed by atoms with E-state index in [0.29, 0.717) is 69.3 Å². The van der Waals surface area contributed by atoms with Gasteiger partial charge >= 0.3 is 12.1 Å². The summed E-state index contributed by atoms with van der Waals surface area (Å²) < 4.78 is 23.1. The van der Waals surface area contributed by atoms with Gasteiger partial charge in [-0.05, 0) is 113 Å². The number of amides is 7. The van der Waals surface area contributed by atoms with Crippen molar-refractivity contribution in [3.63, 3.8) is 0 Å². The van der Waals surface area contributed by atoms with Crippen LogP contribution in [0.3, 0.4) is 0 Å². The van der Waals surface area contributed by atoms with Crippen LogP contribution in [0.2, 0.25) is 0 Å². The number of Topliss-reactive ketones (excluding diaryl/α,β-unsaturated/α-hetero) is 4. The van der Waals surface area contributed by atoms with Crippen molar-refractivity contribution < 1.29 is 66.9 Å². The summed E-state index contributed by atoms with van der Waals surface area (Å²) in [6, 6.07) is 13.9. The second-order valence-electron chi connectivity index (χ2n) is 28.2. The maximum Gasteiger partial charge on any atom is 0.408 e. The first-order valence-corrected chi connectivity index (χ1v) is 35.5. The minimum atomic E-state index is -1.47. The highest BCUT2D eigenvalue weighted by Crippen LogP contribution is 2.35. The van der Waals surface area contributed by atoms with Crippen LogP contribution in [0.4, 0.5) is 15.3 Å². The molecule has 0 bridgehead atoms. The Labute approximate surface area is 578 Å². The molecule has 24 heteroatoms. The van der Waals surface area contributed by atoms with E-state index in [2.05, 4.69) is 38.4 Å². The zero-order valence-electron chi connectivity index (χ0n) is 59.6. The molecule has 2 aromatic carbocycles. The van der Waals surface area contributed by atoms with E-state index in [1.807, 2.05) is 70.0 Å². The Hall–Kier alpha value is -6.99. The number of likely N-dealkylation sites (tertiary alicyclic amines) is 1. The number of nitrogens with one attached hydrogen (secondary N) is 4. The number of hydrogen-bond donors (Lipinski definition) is 6. The van der Waals surface area contributed by atoms with E-state index in [1.165, 1.54) is 18.4 Å². The molecule has 0 spiro atoms. The van der Waals surface area contributed by atoms with Crippen molar-refractivity contribution in [3.05, 3.63) is 82.3 Å². The van der Waals surface area contributed by atoms with E-state index < -0.39 is 88.6 Å². The second-order valence-corrected chi connectivity index (χ2v) is 29.1. The first kappa shape index (κ1) is 80.7. The van der Waals surface area contributed by atoms with Crippen molar-refractivity contribution in [1.82, 2.24) is 30.7 Å². The topological polar surface area (TPSA) is 327 Å². The zero-order chi connectivity index (χ0) is 71.7. The molecule has 2 saturated heterocycles. The molecule has 2 aliphatic heterocycles. The lowest BCUT2D eigenvalue weighted by Crippen LogP contribution is -2.55. The SMILES string of the molecule is CC[C@H](C)[C@@H]([C@@H](CC(=O)N1CCC[C@H]1[C@H](OC)[C@@H](C)C(=O)C[C@@H](Cc1ccccc1)c1nccs1)OC)N(C)C(=O)[C@@H](CC(=O)C(C)(C)NC(=O)OCc1ccc(NC(=O)[C@H](CCCNC(N)=O)CC(=O)[C@@H](NC(=O)[C@H](CCCCN)CC(=O)C2(C)COC2)C(C)C)cc1)C(C)C. The highest BCUT2D eigenvalue weighted by Gasteiger charge is 2.45. The van der Waals surface area contributed by atoms with Gasteiger partial charge in [-0.1, -0.05) is 104 Å². The van der Waals surface area contributed by atoms with Crippen LogP contribution >= 0.6 is 11.3 Å². The first-order chi connectivity index (χ1) is 46.0. The standard InChI is InChI=1S/C73H111N9O14S/c1-14-47(6)64(59(93-12)41-62(87)82-34-21-26-56(82)65(94-13)48(7)57(83)38-53(68-76-33-35-97-68)36-49-22-16-15-17-23-49)81(11)69(90)55(45(2)3)40-60(85)72(8,9)80-71(92)96-42-50-27-29-54(30-28-50)78-66(88)51(25-20-32-77-70(75)91)37-58(84)63(46(4)5)79-67(89)52(24-18-19-31-74)39-61(86)73(10)43-95-44-73/h15-17,22-23,27-30,33,35,45-48,51-53,55-56,59,63-65H,14,18-21,24-26,31-32,34,36-44,74H2,1-13H3,(H,78,88)(H,79,89)(H,80,92)(H3,75,77,91)/t47-,48-,51+,52+,53+,55-,56-,59+,63-,64-,65+/m0/s1. The molecule has 7 amide bonds. The molecular formula is C73H111N9O14S. The second kappa shape index (κ2) is 39.0. The molecule has 0 unspecified atom stereocenters. The number of nitrogens with two attached hydrogens (primary N) is 2. The minimum Gasteiger partial charge on any atom is -0.445 e. The summed E-state index contributed by atoms with van der Waals surface area (Å²) in [5, 5.41) is 13.8. The van der Waals surface area contributed by atoms with E-state index in [-0.39, 0.29) is 124 Å². The number of ketones is 4. The number of carbonyl (C=O) groups excluding carboxylic acids is 10. The molecule has 0 radical (unpaired) electrons. The third kappa shape index (κ3) is 23.9. The number of unbranched alkanes of at least 4 members (excludes halogenated alkanes) is 1. The number of rotatable bonds is 43. The van der Waals surface area contributed by atoms with Crippen molar-refractivity contribution in [1.29, 1.82) is 0 Å². The molecule has 0 aliphatic carbocycles. The average molecular weight is 1370 g/mol. The molecule has 1 aromatic heterocycles. The Morgan fingerprint density at radius 3 is 2.06 bits per heavy atom. The van der Waals surface area contributed by atoms with Gasteiger partial charge in [0, 0.05) is 107 Å². The van der Waals surface area contributed by atoms with Gasteiger partial charge in [0.05, 0.1) is 65.9 Å². The summed E-state index contributed by atoms with van der Waals surface area (Å²) in [5.74, 6) is -6.02. The van der Waals surface area contributed by atoms with Crippen molar-refractivity contribution in [3.8, 4) is 0 Å². The van der Waals surface area contributed by atoms with Crippen LogP contribution in [-0.2, 0) is 70.3 Å². The van der Waals surface area contributed by atoms with Crippen LogP contribution in [0.1, 0.15) is 175 Å². The van der Waals surface area contributed by atoms with E-state index in [0.717, 1.165) is 17.0 Å². The molecule has 2 aliphatic rings. The van der Waals surface area contributed by atoms with Gasteiger partial charge < -0.3 is 61.5 Å². The fourth-order valence-corrected chi connectivity index (χ4v) is 13.9. The van der Waals surface area contributed by atoms with Crippen LogP contribution in [0.15, 0.2) is 66.2 Å². The van der Waals surface area contributed by atoms with E-state index in [4.69, 9.17) is 30.4 Å². The maximum atomic E-state index is 14.8. The third-order valence-corrected chi connectivity index (χ3v) is 20.6. The molecule has 97 heavy (non-hydrogen) atoms. The van der Waals surface area contributed by atoms with Crippen molar-refractivity contribution in [2.75, 3.05) is 59.4 Å². The largest absolute Gasteiger partial charge is 0.445 e. The minimum absolute atomic E-state index is 0.00276. The number of urea groups is 1. The number of nitrogens with zero attached hydrogens (tertiary/aromatic N) is 3. The Kier molecular flexibility index (Phi) is 32.4. The maximum absolute atomic E-state index is 14.8. The molecule has 11 atom stereocenters. The summed E-state index contributed by atoms with van der Waals surface area (Å²) in [6.45, 7) is 19.5. The molecule has 2 fully saturated rings. The Balaban J connectivity index is 1.18. The van der Waals surface area contributed by atoms with Crippen LogP contribution in [-0.4, -0.2) is 164 Å². The number of likely N-dealkylation sites (N-methyl/N-ethyl adjacent to an activating group) is 1.